The SMILES string of the molecule is CCCN1C(=O)C2(c3ccccc31)N1CC3(C(C)C)CN2CC(C(C)C)(C1)C3=O. The minimum Gasteiger partial charge on any atom is -0.309 e. The first-order valence-corrected chi connectivity index (χ1v) is 11.2. The first-order valence-electron chi connectivity index (χ1n) is 11.2. The van der Waals surface area contributed by atoms with Crippen LogP contribution < -0.4 is 4.90 Å². The molecule has 5 heterocycles. The number of Topliss-reactive ketones (excluding diaryl/α,β-unsaturated/α-hetero) is 1. The van der Waals surface area contributed by atoms with Crippen LogP contribution in [-0.4, -0.2) is 54.2 Å². The van der Waals surface area contributed by atoms with E-state index in [0.29, 0.717) is 32.0 Å². The van der Waals surface area contributed by atoms with Gasteiger partial charge in [0.15, 0.2) is 11.4 Å². The quantitative estimate of drug-likeness (QED) is 0.786. The number of piperidine rings is 2. The van der Waals surface area contributed by atoms with Crippen LogP contribution in [0.15, 0.2) is 24.3 Å². The third-order valence-electron chi connectivity index (χ3n) is 8.48. The van der Waals surface area contributed by atoms with Crippen molar-refractivity contribution in [2.45, 2.75) is 46.7 Å². The normalized spacial score (nSPS) is 40.0. The molecular weight excluding hydrogens is 362 g/mol. The van der Waals surface area contributed by atoms with Crippen LogP contribution in [0.2, 0.25) is 0 Å². The molecule has 4 fully saturated rings. The highest BCUT2D eigenvalue weighted by atomic mass is 16.2. The Morgan fingerprint density at radius 1 is 0.897 bits per heavy atom. The van der Waals surface area contributed by atoms with Gasteiger partial charge in [0.25, 0.3) is 5.91 Å². The summed E-state index contributed by atoms with van der Waals surface area (Å²) in [6.07, 6.45) is 0.931. The van der Waals surface area contributed by atoms with E-state index in [0.717, 1.165) is 24.2 Å². The number of amides is 1. The van der Waals surface area contributed by atoms with Gasteiger partial charge in [0.1, 0.15) is 0 Å². The van der Waals surface area contributed by atoms with Crippen molar-refractivity contribution in [3.8, 4) is 0 Å². The van der Waals surface area contributed by atoms with Crippen molar-refractivity contribution in [2.75, 3.05) is 37.6 Å². The van der Waals surface area contributed by atoms with Crippen molar-refractivity contribution in [1.82, 2.24) is 9.80 Å². The van der Waals surface area contributed by atoms with Gasteiger partial charge in [-0.25, -0.2) is 0 Å². The number of benzene rings is 1. The molecule has 4 saturated heterocycles. The summed E-state index contributed by atoms with van der Waals surface area (Å²) in [7, 11) is 0. The first-order chi connectivity index (χ1) is 13.8. The second-order valence-electron chi connectivity index (χ2n) is 10.3. The van der Waals surface area contributed by atoms with Gasteiger partial charge < -0.3 is 4.90 Å². The molecule has 0 aliphatic carbocycles. The lowest BCUT2D eigenvalue weighted by molar-refractivity contribution is -0.246. The Morgan fingerprint density at radius 3 is 1.90 bits per heavy atom. The molecule has 0 radical (unpaired) electrons. The molecule has 1 aromatic carbocycles. The minimum atomic E-state index is -0.733. The second kappa shape index (κ2) is 5.92. The molecule has 5 aliphatic heterocycles. The maximum Gasteiger partial charge on any atom is 0.267 e. The second-order valence-corrected chi connectivity index (χ2v) is 10.3. The molecule has 5 nitrogen and oxygen atoms in total. The molecular formula is C24H33N3O2. The molecule has 5 aliphatic rings. The molecule has 29 heavy (non-hydrogen) atoms. The van der Waals surface area contributed by atoms with Gasteiger partial charge in [0.05, 0.1) is 16.5 Å². The van der Waals surface area contributed by atoms with Crippen molar-refractivity contribution < 1.29 is 9.59 Å². The van der Waals surface area contributed by atoms with Crippen LogP contribution in [0.25, 0.3) is 0 Å². The Hall–Kier alpha value is -1.72. The molecule has 0 aromatic heterocycles. The molecule has 4 bridgehead atoms. The van der Waals surface area contributed by atoms with Crippen LogP contribution in [-0.2, 0) is 15.3 Å². The lowest BCUT2D eigenvalue weighted by Gasteiger charge is -2.71. The van der Waals surface area contributed by atoms with E-state index in [9.17, 15) is 9.59 Å². The molecule has 1 spiro atoms. The number of carbonyl (C=O) groups is 2. The fraction of sp³-hybridized carbons (Fsp3) is 0.667. The summed E-state index contributed by atoms with van der Waals surface area (Å²) in [4.78, 5) is 34.7. The third kappa shape index (κ3) is 1.99. The Kier molecular flexibility index (Phi) is 3.93. The van der Waals surface area contributed by atoms with E-state index >= 15 is 0 Å². The van der Waals surface area contributed by atoms with Crippen LogP contribution in [0.1, 0.15) is 46.6 Å². The van der Waals surface area contributed by atoms with E-state index in [2.05, 4.69) is 62.6 Å². The summed E-state index contributed by atoms with van der Waals surface area (Å²) >= 11 is 0. The lowest BCUT2D eigenvalue weighted by atomic mass is 9.52. The number of para-hydroxylation sites is 1. The highest BCUT2D eigenvalue weighted by molar-refractivity contribution is 6.08. The van der Waals surface area contributed by atoms with E-state index < -0.39 is 5.66 Å². The van der Waals surface area contributed by atoms with Crippen molar-refractivity contribution in [1.29, 1.82) is 0 Å². The Labute approximate surface area is 174 Å². The summed E-state index contributed by atoms with van der Waals surface area (Å²) in [5.74, 6) is 1.15. The van der Waals surface area contributed by atoms with Gasteiger partial charge in [-0.3, -0.25) is 19.4 Å². The van der Waals surface area contributed by atoms with Crippen molar-refractivity contribution in [3.63, 3.8) is 0 Å². The zero-order valence-corrected chi connectivity index (χ0v) is 18.4. The van der Waals surface area contributed by atoms with Gasteiger partial charge in [0, 0.05) is 38.3 Å². The van der Waals surface area contributed by atoms with Crippen LogP contribution in [0, 0.1) is 22.7 Å². The molecule has 0 unspecified atom stereocenters. The van der Waals surface area contributed by atoms with Crippen LogP contribution in [0.3, 0.4) is 0 Å². The summed E-state index contributed by atoms with van der Waals surface area (Å²) in [6, 6.07) is 8.31. The molecule has 1 amide bonds. The number of fused-ring (bicyclic) bond motifs is 1. The highest BCUT2D eigenvalue weighted by Gasteiger charge is 2.75. The number of rotatable bonds is 4. The zero-order valence-electron chi connectivity index (χ0n) is 18.4. The van der Waals surface area contributed by atoms with Gasteiger partial charge in [-0.1, -0.05) is 52.8 Å². The van der Waals surface area contributed by atoms with Crippen molar-refractivity contribution >= 4 is 17.4 Å². The van der Waals surface area contributed by atoms with Gasteiger partial charge in [-0.2, -0.15) is 0 Å². The van der Waals surface area contributed by atoms with E-state index in [1.54, 1.807) is 0 Å². The summed E-state index contributed by atoms with van der Waals surface area (Å²) in [5.41, 5.74) is 0.681. The Balaban J connectivity index is 1.71. The molecule has 1 aromatic rings. The van der Waals surface area contributed by atoms with Crippen molar-refractivity contribution in [3.05, 3.63) is 29.8 Å². The van der Waals surface area contributed by atoms with Crippen LogP contribution >= 0.6 is 0 Å². The van der Waals surface area contributed by atoms with Crippen LogP contribution in [0.5, 0.6) is 0 Å². The fourth-order valence-electron chi connectivity index (χ4n) is 6.74. The minimum absolute atomic E-state index is 0.185. The van der Waals surface area contributed by atoms with Crippen LogP contribution in [0.4, 0.5) is 5.69 Å². The van der Waals surface area contributed by atoms with Gasteiger partial charge >= 0.3 is 0 Å². The maximum atomic E-state index is 14.1. The fourth-order valence-corrected chi connectivity index (χ4v) is 6.74. The van der Waals surface area contributed by atoms with Gasteiger partial charge in [-0.15, -0.1) is 0 Å². The summed E-state index contributed by atoms with van der Waals surface area (Å²) < 4.78 is 0. The van der Waals surface area contributed by atoms with Gasteiger partial charge in [0.2, 0.25) is 0 Å². The molecule has 156 valence electrons. The molecule has 5 heteroatoms. The van der Waals surface area contributed by atoms with E-state index in [1.165, 1.54) is 0 Å². The number of nitrogens with zero attached hydrogens (tertiary/aromatic N) is 3. The van der Waals surface area contributed by atoms with E-state index in [-0.39, 0.29) is 28.6 Å². The number of carbonyl (C=O) groups excluding carboxylic acids is 2. The molecule has 0 atom stereocenters. The van der Waals surface area contributed by atoms with Gasteiger partial charge in [-0.05, 0) is 24.3 Å². The van der Waals surface area contributed by atoms with E-state index in [1.807, 2.05) is 11.0 Å². The average Bonchev–Trinajstić information content (AvgIpc) is 2.91. The zero-order chi connectivity index (χ0) is 20.8. The lowest BCUT2D eigenvalue weighted by Crippen LogP contribution is -2.85. The average molecular weight is 396 g/mol. The first kappa shape index (κ1) is 19.3. The summed E-state index contributed by atoms with van der Waals surface area (Å²) in [6.45, 7) is 14.3. The number of hydrogen-bond acceptors (Lipinski definition) is 4. The molecule has 0 saturated carbocycles. The highest BCUT2D eigenvalue weighted by Crippen LogP contribution is 2.62. The largest absolute Gasteiger partial charge is 0.309 e. The number of anilines is 1. The number of ketones is 1. The third-order valence-corrected chi connectivity index (χ3v) is 8.48. The van der Waals surface area contributed by atoms with E-state index in [4.69, 9.17) is 0 Å². The molecule has 6 rings (SSSR count). The Bertz CT molecular complexity index is 844. The molecule has 0 N–H and O–H groups in total. The predicted octanol–water partition coefficient (Wildman–Crippen LogP) is 3.09. The van der Waals surface area contributed by atoms with Crippen molar-refractivity contribution in [2.24, 2.45) is 22.7 Å². The summed E-state index contributed by atoms with van der Waals surface area (Å²) in [5, 5.41) is 0. The number of hydrogen-bond donors (Lipinski definition) is 0. The standard InChI is InChI=1S/C24H33N3O2/c1-6-11-27-19-10-8-7-9-18(19)24(21(27)29)25-12-22(16(2)3)13-26(24)15-23(14-25,17(4)5)20(22)28/h7-10,16-17H,6,11-15H2,1-5H3. The smallest absolute Gasteiger partial charge is 0.267 e. The Morgan fingerprint density at radius 2 is 1.41 bits per heavy atom. The predicted molar refractivity (Wildman–Crippen MR) is 113 cm³/mol. The maximum absolute atomic E-state index is 14.1. The topological polar surface area (TPSA) is 43.9 Å². The monoisotopic (exact) mass is 395 g/mol.